The molecule has 10 fully saturated rings. The fourth-order valence-electron chi connectivity index (χ4n) is 19.5. The van der Waals surface area contributed by atoms with Crippen LogP contribution in [-0.2, 0) is 10.8 Å². The standard InChI is InChI=1S/C14H16NO.C5H5.Fe/c1-15(2)13-9-6-8-11(13)12-7-4-5-10-14(12)16-3;1-2-4-5-3-1;/h4-10H,1-3H3;1-5H;. The molecular formula is C19H21FeNO. The van der Waals surface area contributed by atoms with Crippen LogP contribution in [-0.4, -0.2) is 30.5 Å². The van der Waals surface area contributed by atoms with Gasteiger partial charge in [-0.1, -0.05) is 0 Å². The molecule has 0 aromatic heterocycles. The van der Waals surface area contributed by atoms with Gasteiger partial charge in [-0.15, -0.1) is 0 Å². The monoisotopic (exact) mass is 335 g/mol. The number of hydrogen-bond acceptors (Lipinski definition) is 2. The first kappa shape index (κ1) is 9.11. The van der Waals surface area contributed by atoms with E-state index < -0.39 is 6.51 Å². The van der Waals surface area contributed by atoms with Gasteiger partial charge in [-0.05, 0) is 0 Å². The van der Waals surface area contributed by atoms with Gasteiger partial charge in [-0.2, -0.15) is 0 Å². The van der Waals surface area contributed by atoms with Gasteiger partial charge in [0.05, 0.1) is 0 Å². The molecule has 0 aliphatic carbocycles. The Hall–Kier alpha value is -0.501. The predicted molar refractivity (Wildman–Crippen MR) is 81.1 cm³/mol. The Kier molecular flexibility index (Phi) is 0.361. The first-order valence-corrected chi connectivity index (χ1v) is 15.2. The topological polar surface area (TPSA) is 12.5 Å². The zero-order chi connectivity index (χ0) is 14.2. The van der Waals surface area contributed by atoms with E-state index in [1.807, 2.05) is 7.11 Å². The van der Waals surface area contributed by atoms with E-state index in [4.69, 9.17) is 4.74 Å². The normalized spacial score (nSPS) is 98.2. The molecule has 0 saturated carbocycles. The number of benzene rings is 1. The van der Waals surface area contributed by atoms with Crippen LogP contribution in [0.2, 0.25) is 38.5 Å². The van der Waals surface area contributed by atoms with Crippen LogP contribution in [0, 0.1) is 0 Å². The van der Waals surface area contributed by atoms with Crippen LogP contribution in [0.5, 0.6) is 5.75 Å². The van der Waals surface area contributed by atoms with Crippen LogP contribution >= 0.6 is 0 Å². The predicted octanol–water partition coefficient (Wildman–Crippen LogP) is 3.96. The quantitative estimate of drug-likeness (QED) is 0.776. The molecule has 0 amide bonds. The third-order valence-electron chi connectivity index (χ3n) is 16.9. The molecule has 5 atom stereocenters. The summed E-state index contributed by atoms with van der Waals surface area (Å²) in [6, 6.07) is 9.22. The number of methoxy groups -OCH3 is 1. The molecule has 116 valence electrons. The summed E-state index contributed by atoms with van der Waals surface area (Å²) >= 11 is 0. The van der Waals surface area contributed by atoms with Gasteiger partial charge in [-0.25, -0.2) is 0 Å². The SMILES string of the molecule is COc1ccccc1[C]12[CH]3[CH]4[CH]5[C]1(N(C)C)[Fe]43521678[CH]2[CH]1[CH]6[CH]7[CH]28. The van der Waals surface area contributed by atoms with Gasteiger partial charge in [0.1, 0.15) is 0 Å². The number of para-hydroxylation sites is 1. The minimum atomic E-state index is -3.35. The van der Waals surface area contributed by atoms with Gasteiger partial charge in [-0.3, -0.25) is 0 Å². The van der Waals surface area contributed by atoms with Crippen molar-refractivity contribution >= 4 is 0 Å². The summed E-state index contributed by atoms with van der Waals surface area (Å²) in [6.45, 7) is -3.35. The molecule has 2 nitrogen and oxygen atoms in total. The summed E-state index contributed by atoms with van der Waals surface area (Å²) in [5, 5.41) is 0. The molecule has 3 heteroatoms. The maximum atomic E-state index is 5.92. The van der Waals surface area contributed by atoms with Crippen molar-refractivity contribution in [3.05, 3.63) is 29.8 Å². The number of hydrogen-bond donors (Lipinski definition) is 0. The number of likely N-dealkylation sites (N-methyl/N-ethyl adjacent to an activating group) is 1. The summed E-state index contributed by atoms with van der Waals surface area (Å²) < 4.78 is 7.35. The molecule has 22 heavy (non-hydrogen) atoms. The first-order valence-electron chi connectivity index (χ1n) is 8.95. The summed E-state index contributed by atoms with van der Waals surface area (Å²) in [5.41, 5.74) is 1.70. The van der Waals surface area contributed by atoms with Crippen LogP contribution in [0.3, 0.4) is 0 Å². The molecule has 1 aromatic rings. The minimum absolute atomic E-state index is 0.697. The number of nitrogens with zero attached hydrogens (tertiary/aromatic N) is 1. The molecule has 1 aromatic carbocycles. The second kappa shape index (κ2) is 0.873. The van der Waals surface area contributed by atoms with E-state index in [0.29, 0.717) is 4.31 Å². The number of fused-ring (bicyclic) bond motifs is 10. The van der Waals surface area contributed by atoms with E-state index in [1.54, 1.807) is 5.56 Å². The van der Waals surface area contributed by atoms with E-state index in [1.165, 1.54) is 44.3 Å². The number of ether oxygens (including phenoxy) is 1. The molecule has 10 saturated heterocycles. The van der Waals surface area contributed by atoms with Crippen molar-refractivity contribution < 1.29 is 11.2 Å². The number of rotatable bonds is 3. The summed E-state index contributed by atoms with van der Waals surface area (Å²) in [6.07, 6.45) is 0. The van der Waals surface area contributed by atoms with Gasteiger partial charge in [0.15, 0.2) is 0 Å². The van der Waals surface area contributed by atoms with Crippen molar-refractivity contribution in [3.63, 3.8) is 0 Å². The van der Waals surface area contributed by atoms with E-state index in [0.717, 1.165) is 4.44 Å². The maximum absolute atomic E-state index is 5.92. The first-order chi connectivity index (χ1) is 10.4. The van der Waals surface area contributed by atoms with Crippen LogP contribution < -0.4 is 4.74 Å². The third kappa shape index (κ3) is 0.106. The van der Waals surface area contributed by atoms with Crippen molar-refractivity contribution in [2.24, 2.45) is 0 Å². The Bertz CT molecular complexity index is 1270. The zero-order valence-electron chi connectivity index (χ0n) is 13.1. The Morgan fingerprint density at radius 3 is 2.05 bits per heavy atom. The van der Waals surface area contributed by atoms with E-state index in [9.17, 15) is 0 Å². The second-order valence-electron chi connectivity index (χ2n) is 12.3. The Morgan fingerprint density at radius 1 is 0.955 bits per heavy atom. The second-order valence-corrected chi connectivity index (χ2v) is 35.5. The third-order valence-corrected chi connectivity index (χ3v) is 59.7. The molecule has 1 spiro atoms. The molecule has 0 bridgehead atoms. The van der Waals surface area contributed by atoms with Crippen molar-refractivity contribution in [2.45, 2.75) is 47.3 Å². The molecule has 10 aliphatic heterocycles. The zero-order valence-corrected chi connectivity index (χ0v) is 14.2. The Balaban J connectivity index is 1.50. The Morgan fingerprint density at radius 2 is 1.59 bits per heavy atom. The molecule has 0 N–H and O–H groups in total. The molecule has 10 heterocycles. The van der Waals surface area contributed by atoms with Crippen molar-refractivity contribution in [2.75, 3.05) is 21.2 Å². The van der Waals surface area contributed by atoms with Crippen molar-refractivity contribution in [3.8, 4) is 5.75 Å². The van der Waals surface area contributed by atoms with Crippen LogP contribution in [0.25, 0.3) is 0 Å². The van der Waals surface area contributed by atoms with Crippen LogP contribution in [0.15, 0.2) is 24.3 Å². The van der Waals surface area contributed by atoms with Gasteiger partial charge >= 0.3 is 120 Å². The average molecular weight is 335 g/mol. The van der Waals surface area contributed by atoms with Gasteiger partial charge in [0, 0.05) is 0 Å². The molecule has 0 radical (unpaired) electrons. The van der Waals surface area contributed by atoms with E-state index in [2.05, 4.69) is 43.3 Å². The summed E-state index contributed by atoms with van der Waals surface area (Å²) in [7, 11) is 6.81. The van der Waals surface area contributed by atoms with Gasteiger partial charge in [0.25, 0.3) is 0 Å². The fourth-order valence-corrected chi connectivity index (χ4v) is 96.2. The van der Waals surface area contributed by atoms with E-state index in [-0.39, 0.29) is 0 Å². The Labute approximate surface area is 120 Å². The summed E-state index contributed by atoms with van der Waals surface area (Å²) in [4.78, 5) is 13.3. The van der Waals surface area contributed by atoms with Crippen molar-refractivity contribution in [1.82, 2.24) is 4.90 Å². The van der Waals surface area contributed by atoms with E-state index >= 15 is 0 Å². The molecule has 11 rings (SSSR count). The fraction of sp³-hybridized carbons (Fsp3) is 0.684. The van der Waals surface area contributed by atoms with Gasteiger partial charge in [0.2, 0.25) is 0 Å². The average Bonchev–Trinajstić information content (AvgIpc) is 3.46. The molecular weight excluding hydrogens is 314 g/mol. The molecule has 10 aliphatic rings. The van der Waals surface area contributed by atoms with Crippen molar-refractivity contribution in [1.29, 1.82) is 0 Å². The van der Waals surface area contributed by atoms with Crippen LogP contribution in [0.4, 0.5) is 0 Å². The summed E-state index contributed by atoms with van der Waals surface area (Å²) in [5.74, 6) is 1.23. The van der Waals surface area contributed by atoms with Gasteiger partial charge < -0.3 is 0 Å². The van der Waals surface area contributed by atoms with Crippen LogP contribution in [0.1, 0.15) is 5.56 Å². The molecule has 5 unspecified atom stereocenters.